The van der Waals surface area contributed by atoms with Crippen LogP contribution in [0.15, 0.2) is 39.6 Å². The van der Waals surface area contributed by atoms with E-state index in [0.717, 1.165) is 44.5 Å². The number of hydrogen-bond acceptors (Lipinski definition) is 3. The van der Waals surface area contributed by atoms with Crippen LogP contribution in [-0.2, 0) is 13.0 Å². The second-order valence-electron chi connectivity index (χ2n) is 5.62. The lowest BCUT2D eigenvalue weighted by atomic mass is 10.1. The minimum Gasteiger partial charge on any atom is -0.292 e. The van der Waals surface area contributed by atoms with Gasteiger partial charge in [0.2, 0.25) is 0 Å². The van der Waals surface area contributed by atoms with Crippen molar-refractivity contribution in [2.45, 2.75) is 26.3 Å². The fourth-order valence-corrected chi connectivity index (χ4v) is 4.31. The summed E-state index contributed by atoms with van der Waals surface area (Å²) < 4.78 is 2.87. The van der Waals surface area contributed by atoms with E-state index in [1.165, 1.54) is 4.88 Å². The van der Waals surface area contributed by atoms with Gasteiger partial charge in [0.25, 0.3) is 5.56 Å². The number of fused-ring (bicyclic) bond motifs is 2. The largest absolute Gasteiger partial charge is 0.292 e. The van der Waals surface area contributed by atoms with E-state index in [1.807, 2.05) is 28.8 Å². The van der Waals surface area contributed by atoms with Crippen LogP contribution in [0.1, 0.15) is 29.6 Å². The molecule has 2 aromatic heterocycles. The van der Waals surface area contributed by atoms with Gasteiger partial charge in [0.15, 0.2) is 0 Å². The van der Waals surface area contributed by atoms with Crippen molar-refractivity contribution in [3.63, 3.8) is 0 Å². The highest BCUT2D eigenvalue weighted by molar-refractivity contribution is 9.10. The van der Waals surface area contributed by atoms with E-state index in [-0.39, 0.29) is 5.56 Å². The molecule has 0 amide bonds. The van der Waals surface area contributed by atoms with Crippen LogP contribution in [0.25, 0.3) is 21.9 Å². The highest BCUT2D eigenvalue weighted by atomic mass is 79.9. The van der Waals surface area contributed by atoms with Gasteiger partial charge in [0.05, 0.1) is 5.39 Å². The molecule has 0 atom stereocenters. The van der Waals surface area contributed by atoms with E-state index in [1.54, 1.807) is 11.3 Å². The zero-order valence-electron chi connectivity index (χ0n) is 12.7. The predicted molar refractivity (Wildman–Crippen MR) is 99.9 cm³/mol. The van der Waals surface area contributed by atoms with Gasteiger partial charge in [-0.05, 0) is 42.2 Å². The van der Waals surface area contributed by atoms with Gasteiger partial charge in [0.1, 0.15) is 10.7 Å². The highest BCUT2D eigenvalue weighted by Gasteiger charge is 2.22. The van der Waals surface area contributed by atoms with Gasteiger partial charge in [-0.2, -0.15) is 0 Å². The Morgan fingerprint density at radius 3 is 3.00 bits per heavy atom. The molecule has 3 nitrogen and oxygen atoms in total. The van der Waals surface area contributed by atoms with Crippen LogP contribution in [0, 0.1) is 0 Å². The normalized spacial score (nSPS) is 15.5. The van der Waals surface area contributed by atoms with E-state index in [4.69, 9.17) is 4.98 Å². The third-order valence-corrected chi connectivity index (χ3v) is 6.07. The minimum absolute atomic E-state index is 0.0940. The summed E-state index contributed by atoms with van der Waals surface area (Å²) in [5.74, 6) is 0.822. The molecule has 0 unspecified atom stereocenters. The molecule has 3 aromatic rings. The van der Waals surface area contributed by atoms with Crippen LogP contribution < -0.4 is 5.56 Å². The molecule has 1 aliphatic rings. The number of hydrogen-bond donors (Lipinski definition) is 0. The molecule has 0 radical (unpaired) electrons. The number of benzene rings is 1. The van der Waals surface area contributed by atoms with Crippen LogP contribution in [0.3, 0.4) is 0 Å². The summed E-state index contributed by atoms with van der Waals surface area (Å²) in [6.07, 6.45) is 3.92. The molecule has 5 heteroatoms. The molecule has 116 valence electrons. The van der Waals surface area contributed by atoms with Gasteiger partial charge >= 0.3 is 0 Å². The van der Waals surface area contributed by atoms with Gasteiger partial charge in [0, 0.05) is 15.9 Å². The lowest BCUT2D eigenvalue weighted by molar-refractivity contribution is 0.726. The third kappa shape index (κ3) is 2.48. The molecule has 1 aromatic carbocycles. The summed E-state index contributed by atoms with van der Waals surface area (Å²) in [7, 11) is 0. The molecule has 0 aliphatic carbocycles. The first-order valence-corrected chi connectivity index (χ1v) is 9.27. The maximum Gasteiger partial charge on any atom is 0.262 e. The van der Waals surface area contributed by atoms with Crippen molar-refractivity contribution in [1.82, 2.24) is 9.55 Å². The molecule has 3 heterocycles. The van der Waals surface area contributed by atoms with E-state index >= 15 is 0 Å². The first-order chi connectivity index (χ1) is 11.2. The van der Waals surface area contributed by atoms with Crippen LogP contribution in [0.5, 0.6) is 0 Å². The Kier molecular flexibility index (Phi) is 3.70. The average molecular weight is 387 g/mol. The Bertz CT molecular complexity index is 1000. The van der Waals surface area contributed by atoms with Crippen LogP contribution in [0.4, 0.5) is 0 Å². The molecule has 0 saturated carbocycles. The van der Waals surface area contributed by atoms with Crippen LogP contribution in [-0.4, -0.2) is 9.55 Å². The number of aryl methyl sites for hydroxylation is 1. The summed E-state index contributed by atoms with van der Waals surface area (Å²) >= 11 is 5.21. The van der Waals surface area contributed by atoms with Crippen molar-refractivity contribution in [3.8, 4) is 0 Å². The average Bonchev–Trinajstić information content (AvgIpc) is 3.15. The second-order valence-corrected chi connectivity index (χ2v) is 7.59. The van der Waals surface area contributed by atoms with Gasteiger partial charge in [-0.25, -0.2) is 4.98 Å². The Morgan fingerprint density at radius 1 is 1.39 bits per heavy atom. The van der Waals surface area contributed by atoms with Crippen molar-refractivity contribution >= 4 is 49.1 Å². The van der Waals surface area contributed by atoms with E-state index in [9.17, 15) is 4.79 Å². The standard InChI is InChI=1S/C18H15BrN2OS/c1-2-13-10-14-17(23-13)20-16-12(7-8-21(16)18(14)22)9-11-5-3-4-6-15(11)19/h3-6,9-10H,2,7-8H2,1H3/b12-9+. The number of nitrogens with zero attached hydrogens (tertiary/aromatic N) is 2. The molecule has 0 saturated heterocycles. The molecular weight excluding hydrogens is 372 g/mol. The number of halogens is 1. The van der Waals surface area contributed by atoms with Crippen LogP contribution in [0.2, 0.25) is 0 Å². The van der Waals surface area contributed by atoms with Crippen molar-refractivity contribution in [2.75, 3.05) is 0 Å². The molecule has 0 fully saturated rings. The predicted octanol–water partition coefficient (Wildman–Crippen LogP) is 4.73. The molecule has 1 aliphatic heterocycles. The van der Waals surface area contributed by atoms with Crippen molar-refractivity contribution in [1.29, 1.82) is 0 Å². The smallest absolute Gasteiger partial charge is 0.262 e. The molecule has 0 spiro atoms. The molecular formula is C18H15BrN2OS. The molecule has 0 bridgehead atoms. The first-order valence-electron chi connectivity index (χ1n) is 7.66. The minimum atomic E-state index is 0.0940. The van der Waals surface area contributed by atoms with E-state index < -0.39 is 0 Å². The number of rotatable bonds is 2. The summed E-state index contributed by atoms with van der Waals surface area (Å²) in [6.45, 7) is 2.82. The summed E-state index contributed by atoms with van der Waals surface area (Å²) in [4.78, 5) is 19.6. The molecule has 0 N–H and O–H groups in total. The Labute approximate surface area is 146 Å². The van der Waals surface area contributed by atoms with Crippen molar-refractivity contribution < 1.29 is 0 Å². The summed E-state index contributed by atoms with van der Waals surface area (Å²) in [6, 6.07) is 10.1. The fraction of sp³-hybridized carbons (Fsp3) is 0.222. The van der Waals surface area contributed by atoms with E-state index in [0.29, 0.717) is 6.54 Å². The van der Waals surface area contributed by atoms with Crippen LogP contribution >= 0.6 is 27.3 Å². The van der Waals surface area contributed by atoms with Gasteiger partial charge in [-0.15, -0.1) is 11.3 Å². The van der Waals surface area contributed by atoms with Crippen molar-refractivity contribution in [2.24, 2.45) is 0 Å². The maximum absolute atomic E-state index is 12.7. The Morgan fingerprint density at radius 2 is 2.22 bits per heavy atom. The summed E-state index contributed by atoms with van der Waals surface area (Å²) in [5, 5.41) is 0.762. The zero-order chi connectivity index (χ0) is 16.0. The van der Waals surface area contributed by atoms with Gasteiger partial charge in [-0.3, -0.25) is 9.36 Å². The Balaban J connectivity index is 1.90. The SMILES string of the molecule is CCc1cc2c(=O)n3c(nc2s1)/C(=C/c1ccccc1Br)CC3. The highest BCUT2D eigenvalue weighted by Crippen LogP contribution is 2.31. The monoisotopic (exact) mass is 386 g/mol. The summed E-state index contributed by atoms with van der Waals surface area (Å²) in [5.41, 5.74) is 2.34. The lowest BCUT2D eigenvalue weighted by Crippen LogP contribution is -2.19. The van der Waals surface area contributed by atoms with Crippen molar-refractivity contribution in [3.05, 3.63) is 61.4 Å². The second kappa shape index (κ2) is 5.73. The number of allylic oxidation sites excluding steroid dienone is 1. The van der Waals surface area contributed by atoms with E-state index in [2.05, 4.69) is 35.0 Å². The third-order valence-electron chi connectivity index (χ3n) is 4.18. The fourth-order valence-electron chi connectivity index (χ4n) is 2.95. The topological polar surface area (TPSA) is 34.9 Å². The number of aromatic nitrogens is 2. The quantitative estimate of drug-likeness (QED) is 0.637. The number of thiophene rings is 1. The Hall–Kier alpha value is -1.72. The zero-order valence-corrected chi connectivity index (χ0v) is 15.1. The van der Waals surface area contributed by atoms with Gasteiger partial charge in [-0.1, -0.05) is 41.1 Å². The van der Waals surface area contributed by atoms with Gasteiger partial charge < -0.3 is 0 Å². The molecule has 23 heavy (non-hydrogen) atoms. The molecule has 4 rings (SSSR count). The lowest BCUT2D eigenvalue weighted by Gasteiger charge is -2.03. The maximum atomic E-state index is 12.7. The first kappa shape index (κ1) is 14.8.